The third-order valence-electron chi connectivity index (χ3n) is 5.84. The zero-order valence-electron chi connectivity index (χ0n) is 16.2. The van der Waals surface area contributed by atoms with E-state index in [2.05, 4.69) is 32.6 Å². The van der Waals surface area contributed by atoms with E-state index in [0.29, 0.717) is 41.9 Å². The van der Waals surface area contributed by atoms with E-state index in [-0.39, 0.29) is 36.5 Å². The molecule has 1 aromatic carbocycles. The Kier molecular flexibility index (Phi) is 4.76. The molecule has 1 aromatic heterocycles. The van der Waals surface area contributed by atoms with Gasteiger partial charge in [-0.2, -0.15) is 5.10 Å². The van der Waals surface area contributed by atoms with E-state index >= 15 is 0 Å². The van der Waals surface area contributed by atoms with Crippen LogP contribution in [0.15, 0.2) is 64.6 Å². The molecule has 154 valence electrons. The van der Waals surface area contributed by atoms with E-state index < -0.39 is 0 Å². The average Bonchev–Trinajstić information content (AvgIpc) is 3.14. The normalized spacial score (nSPS) is 23.7. The zero-order valence-corrected chi connectivity index (χ0v) is 16.2. The molecular formula is C21H21FN6O2. The molecule has 0 spiro atoms. The van der Waals surface area contributed by atoms with Crippen LogP contribution in [0.3, 0.4) is 0 Å². The fraction of sp³-hybridized carbons (Fsp3) is 0.333. The lowest BCUT2D eigenvalue weighted by atomic mass is 9.70. The van der Waals surface area contributed by atoms with Crippen molar-refractivity contribution in [2.24, 2.45) is 4.99 Å². The van der Waals surface area contributed by atoms with Crippen molar-refractivity contribution in [3.8, 4) is 0 Å². The Bertz CT molecular complexity index is 1070. The van der Waals surface area contributed by atoms with Gasteiger partial charge in [0.05, 0.1) is 24.8 Å². The van der Waals surface area contributed by atoms with Crippen LogP contribution in [0.4, 0.5) is 4.48 Å². The number of hydrogen-bond donors (Lipinski definition) is 2. The van der Waals surface area contributed by atoms with Gasteiger partial charge in [0.25, 0.3) is 0 Å². The molecule has 0 fully saturated rings. The van der Waals surface area contributed by atoms with Crippen LogP contribution >= 0.6 is 0 Å². The van der Waals surface area contributed by atoms with Gasteiger partial charge in [0.1, 0.15) is 24.4 Å². The van der Waals surface area contributed by atoms with E-state index in [1.165, 1.54) is 12.4 Å². The van der Waals surface area contributed by atoms with Crippen molar-refractivity contribution in [3.05, 3.63) is 71.0 Å². The maximum atomic E-state index is 14.6. The van der Waals surface area contributed by atoms with Crippen LogP contribution in [-0.2, 0) is 11.3 Å². The lowest BCUT2D eigenvalue weighted by Gasteiger charge is -2.39. The quantitative estimate of drug-likeness (QED) is 0.744. The fourth-order valence-corrected chi connectivity index (χ4v) is 4.59. The van der Waals surface area contributed by atoms with E-state index in [4.69, 9.17) is 0 Å². The number of ketones is 1. The van der Waals surface area contributed by atoms with Gasteiger partial charge in [-0.3, -0.25) is 9.79 Å². The molecule has 8 nitrogen and oxygen atoms in total. The summed E-state index contributed by atoms with van der Waals surface area (Å²) >= 11 is 0. The molecular weight excluding hydrogens is 387 g/mol. The summed E-state index contributed by atoms with van der Waals surface area (Å²) in [4.78, 5) is 21.4. The van der Waals surface area contributed by atoms with Crippen LogP contribution in [-0.4, -0.2) is 56.3 Å². The van der Waals surface area contributed by atoms with Crippen molar-refractivity contribution in [2.75, 3.05) is 19.7 Å². The summed E-state index contributed by atoms with van der Waals surface area (Å²) in [7, 11) is 0. The summed E-state index contributed by atoms with van der Waals surface area (Å²) < 4.78 is 16.3. The standard InChI is InChI=1S/C21H21FN6O2/c22-28-17-9-15(30)11-23-20-18(17)14(10-25-28)8-16(13-4-2-1-3-5-13)19(20)21-24-12-26-27(21)6-7-29/h1-5,9,12,16,19,25,29H,6-8,10-11H2. The second-order valence-electron chi connectivity index (χ2n) is 7.56. The van der Waals surface area contributed by atoms with Gasteiger partial charge in [0.15, 0.2) is 5.78 Å². The lowest BCUT2D eigenvalue weighted by Crippen LogP contribution is -2.43. The molecule has 0 saturated carbocycles. The number of benzene rings is 1. The third-order valence-corrected chi connectivity index (χ3v) is 5.84. The molecule has 2 unspecified atom stereocenters. The van der Waals surface area contributed by atoms with Gasteiger partial charge >= 0.3 is 0 Å². The van der Waals surface area contributed by atoms with Gasteiger partial charge < -0.3 is 5.11 Å². The van der Waals surface area contributed by atoms with Crippen molar-refractivity contribution in [1.82, 2.24) is 25.4 Å². The highest BCUT2D eigenvalue weighted by atomic mass is 19.2. The summed E-state index contributed by atoms with van der Waals surface area (Å²) in [6, 6.07) is 10.1. The largest absolute Gasteiger partial charge is 0.394 e. The van der Waals surface area contributed by atoms with Gasteiger partial charge in [-0.15, -0.1) is 5.23 Å². The Hall–Kier alpha value is -3.17. The molecule has 2 aromatic rings. The summed E-state index contributed by atoms with van der Waals surface area (Å²) in [6.45, 7) is 0.516. The molecule has 9 heteroatoms. The summed E-state index contributed by atoms with van der Waals surface area (Å²) in [5.74, 6) is 0.0755. The van der Waals surface area contributed by atoms with Crippen molar-refractivity contribution >= 4 is 11.5 Å². The summed E-state index contributed by atoms with van der Waals surface area (Å²) in [6.07, 6.45) is 3.44. The Morgan fingerprint density at radius 2 is 2.10 bits per heavy atom. The van der Waals surface area contributed by atoms with Crippen LogP contribution in [0.1, 0.15) is 29.6 Å². The van der Waals surface area contributed by atoms with Crippen LogP contribution in [0.25, 0.3) is 0 Å². The highest BCUT2D eigenvalue weighted by molar-refractivity contribution is 6.13. The number of allylic oxidation sites excluding steroid dienone is 1. The minimum atomic E-state index is -0.319. The van der Waals surface area contributed by atoms with E-state index in [1.54, 1.807) is 4.68 Å². The minimum Gasteiger partial charge on any atom is -0.394 e. The first-order chi connectivity index (χ1) is 14.7. The number of nitrogens with one attached hydrogen (secondary N) is 1. The van der Waals surface area contributed by atoms with Gasteiger partial charge in [0.2, 0.25) is 0 Å². The fourth-order valence-electron chi connectivity index (χ4n) is 4.59. The minimum absolute atomic E-state index is 0.00671. The Labute approximate surface area is 172 Å². The molecule has 0 amide bonds. The van der Waals surface area contributed by atoms with E-state index in [0.717, 1.165) is 11.1 Å². The first-order valence-corrected chi connectivity index (χ1v) is 9.92. The second kappa shape index (κ2) is 7.58. The van der Waals surface area contributed by atoms with Gasteiger partial charge in [0, 0.05) is 24.1 Å². The van der Waals surface area contributed by atoms with Crippen LogP contribution in [0, 0.1) is 0 Å². The number of aliphatic hydroxyl groups is 1. The highest BCUT2D eigenvalue weighted by Gasteiger charge is 2.44. The molecule has 5 rings (SSSR count). The smallest absolute Gasteiger partial charge is 0.179 e. The predicted octanol–water partition coefficient (Wildman–Crippen LogP) is 1.45. The molecule has 0 saturated heterocycles. The molecule has 0 bridgehead atoms. The number of halogens is 1. The van der Waals surface area contributed by atoms with Gasteiger partial charge in [-0.05, 0) is 17.6 Å². The number of aromatic nitrogens is 3. The second-order valence-corrected chi connectivity index (χ2v) is 7.56. The zero-order chi connectivity index (χ0) is 20.7. The molecule has 30 heavy (non-hydrogen) atoms. The maximum Gasteiger partial charge on any atom is 0.179 e. The van der Waals surface area contributed by atoms with Crippen molar-refractivity contribution in [3.63, 3.8) is 0 Å². The van der Waals surface area contributed by atoms with Crippen molar-refractivity contribution < 1.29 is 14.4 Å². The van der Waals surface area contributed by atoms with Crippen molar-refractivity contribution in [1.29, 1.82) is 0 Å². The summed E-state index contributed by atoms with van der Waals surface area (Å²) in [5, 5.41) is 14.2. The first kappa shape index (κ1) is 18.8. The Morgan fingerprint density at radius 1 is 1.27 bits per heavy atom. The summed E-state index contributed by atoms with van der Waals surface area (Å²) in [5.41, 5.74) is 6.36. The lowest BCUT2D eigenvalue weighted by molar-refractivity contribution is -0.113. The molecule has 2 aliphatic heterocycles. The number of aliphatic hydroxyl groups excluding tert-OH is 1. The van der Waals surface area contributed by atoms with Crippen molar-refractivity contribution in [2.45, 2.75) is 24.8 Å². The van der Waals surface area contributed by atoms with Gasteiger partial charge in [-0.25, -0.2) is 15.1 Å². The van der Waals surface area contributed by atoms with E-state index in [1.807, 2.05) is 18.2 Å². The van der Waals surface area contributed by atoms with Crippen LogP contribution in [0.2, 0.25) is 0 Å². The third kappa shape index (κ3) is 3.06. The monoisotopic (exact) mass is 408 g/mol. The first-order valence-electron chi connectivity index (χ1n) is 9.92. The topological polar surface area (TPSA) is 95.6 Å². The maximum absolute atomic E-state index is 14.6. The molecule has 0 radical (unpaired) electrons. The average molecular weight is 408 g/mol. The highest BCUT2D eigenvalue weighted by Crippen LogP contribution is 2.47. The number of carbonyl (C=O) groups excluding carboxylic acids is 1. The van der Waals surface area contributed by atoms with Crippen LogP contribution < -0.4 is 5.43 Å². The molecule has 3 heterocycles. The molecule has 2 atom stereocenters. The number of aliphatic imine (C=N–C) groups is 1. The number of nitrogens with zero attached hydrogens (tertiary/aromatic N) is 5. The number of hydrazine groups is 1. The predicted molar refractivity (Wildman–Crippen MR) is 107 cm³/mol. The van der Waals surface area contributed by atoms with Gasteiger partial charge in [-0.1, -0.05) is 34.8 Å². The number of hydrogen-bond acceptors (Lipinski definition) is 7. The number of rotatable bonds is 4. The van der Waals surface area contributed by atoms with E-state index in [9.17, 15) is 14.4 Å². The molecule has 2 N–H and O–H groups in total. The number of carbonyl (C=O) groups is 1. The van der Waals surface area contributed by atoms with Crippen LogP contribution in [0.5, 0.6) is 0 Å². The SMILES string of the molecule is O=C1C=C2C3=C(CNN2F)CC(c2ccccc2)C(c2ncnn2CCO)C3=NC1. The Morgan fingerprint density at radius 3 is 2.90 bits per heavy atom. The Balaban J connectivity index is 1.73. The molecule has 1 aliphatic carbocycles. The molecule has 3 aliphatic rings.